The summed E-state index contributed by atoms with van der Waals surface area (Å²) >= 11 is 0. The third kappa shape index (κ3) is 4.49. The van der Waals surface area contributed by atoms with Crippen LogP contribution in [0.3, 0.4) is 0 Å². The molecule has 1 aliphatic rings. The fourth-order valence-electron chi connectivity index (χ4n) is 2.10. The van der Waals surface area contributed by atoms with Crippen molar-refractivity contribution in [1.29, 1.82) is 0 Å². The average molecular weight is 228 g/mol. The van der Waals surface area contributed by atoms with Crippen LogP contribution in [0.4, 0.5) is 0 Å². The quantitative estimate of drug-likeness (QED) is 0.729. The summed E-state index contributed by atoms with van der Waals surface area (Å²) in [5, 5.41) is 3.36. The zero-order valence-electron chi connectivity index (χ0n) is 10.7. The van der Waals surface area contributed by atoms with E-state index in [0.29, 0.717) is 12.6 Å². The average Bonchev–Trinajstić information content (AvgIpc) is 2.44. The number of hydrogen-bond acceptors (Lipinski definition) is 4. The Hall–Kier alpha value is -0.610. The van der Waals surface area contributed by atoms with Crippen LogP contribution < -0.4 is 5.32 Å². The molecule has 0 spiro atoms. The van der Waals surface area contributed by atoms with Gasteiger partial charge in [0, 0.05) is 6.04 Å². The van der Waals surface area contributed by atoms with Gasteiger partial charge in [0.2, 0.25) is 0 Å². The van der Waals surface area contributed by atoms with Gasteiger partial charge >= 0.3 is 5.97 Å². The monoisotopic (exact) mass is 228 g/mol. The highest BCUT2D eigenvalue weighted by Gasteiger charge is 2.20. The maximum atomic E-state index is 11.5. The van der Waals surface area contributed by atoms with E-state index < -0.39 is 0 Å². The zero-order chi connectivity index (χ0) is 12.0. The Morgan fingerprint density at radius 1 is 1.50 bits per heavy atom. The normalized spacial score (nSPS) is 24.8. The molecule has 16 heavy (non-hydrogen) atoms. The zero-order valence-corrected chi connectivity index (χ0v) is 10.7. The number of nitrogens with one attached hydrogen (secondary N) is 1. The van der Waals surface area contributed by atoms with Crippen LogP contribution in [-0.4, -0.2) is 49.7 Å². The number of rotatable bonds is 4. The SMILES string of the molecule is CCOC(=O)C(C)NC1CCCN(C)CC1. The van der Waals surface area contributed by atoms with E-state index >= 15 is 0 Å². The molecule has 1 rings (SSSR count). The van der Waals surface area contributed by atoms with Crippen LogP contribution >= 0.6 is 0 Å². The van der Waals surface area contributed by atoms with E-state index in [1.807, 2.05) is 13.8 Å². The van der Waals surface area contributed by atoms with Crippen molar-refractivity contribution in [2.24, 2.45) is 0 Å². The highest BCUT2D eigenvalue weighted by molar-refractivity contribution is 5.75. The fourth-order valence-corrected chi connectivity index (χ4v) is 2.10. The lowest BCUT2D eigenvalue weighted by molar-refractivity contribution is -0.145. The number of carbonyl (C=O) groups excluding carboxylic acids is 1. The number of esters is 1. The molecule has 1 fully saturated rings. The van der Waals surface area contributed by atoms with E-state index in [0.717, 1.165) is 25.9 Å². The molecule has 0 saturated carbocycles. The molecule has 1 heterocycles. The first-order valence-electron chi connectivity index (χ1n) is 6.24. The standard InChI is InChI=1S/C12H24N2O2/c1-4-16-12(15)10(2)13-11-6-5-8-14(3)9-7-11/h10-11,13H,4-9H2,1-3H3. The Bertz CT molecular complexity index is 221. The van der Waals surface area contributed by atoms with Gasteiger partial charge in [0.15, 0.2) is 0 Å². The van der Waals surface area contributed by atoms with Gasteiger partial charge in [0.05, 0.1) is 6.61 Å². The molecule has 4 nitrogen and oxygen atoms in total. The van der Waals surface area contributed by atoms with Gasteiger partial charge in [-0.1, -0.05) is 0 Å². The molecule has 4 heteroatoms. The Kier molecular flexibility index (Phi) is 5.77. The summed E-state index contributed by atoms with van der Waals surface area (Å²) in [7, 11) is 2.15. The Morgan fingerprint density at radius 3 is 2.94 bits per heavy atom. The minimum atomic E-state index is -0.187. The molecule has 1 aliphatic heterocycles. The predicted molar refractivity (Wildman–Crippen MR) is 64.4 cm³/mol. The van der Waals surface area contributed by atoms with Crippen molar-refractivity contribution < 1.29 is 9.53 Å². The van der Waals surface area contributed by atoms with Gasteiger partial charge in [-0.3, -0.25) is 4.79 Å². The molecule has 2 unspecified atom stereocenters. The summed E-state index contributed by atoms with van der Waals surface area (Å²) in [5.74, 6) is -0.139. The van der Waals surface area contributed by atoms with Crippen molar-refractivity contribution in [3.63, 3.8) is 0 Å². The molecule has 0 aromatic rings. The first kappa shape index (κ1) is 13.5. The van der Waals surface area contributed by atoms with Gasteiger partial charge in [-0.15, -0.1) is 0 Å². The first-order chi connectivity index (χ1) is 7.63. The van der Waals surface area contributed by atoms with Crippen molar-refractivity contribution in [2.75, 3.05) is 26.7 Å². The molecule has 0 aromatic carbocycles. The minimum absolute atomic E-state index is 0.139. The first-order valence-corrected chi connectivity index (χ1v) is 6.24. The second-order valence-corrected chi connectivity index (χ2v) is 4.57. The molecule has 94 valence electrons. The van der Waals surface area contributed by atoms with Crippen LogP contribution in [0.25, 0.3) is 0 Å². The molecule has 2 atom stereocenters. The van der Waals surface area contributed by atoms with Crippen LogP contribution in [0.1, 0.15) is 33.1 Å². The predicted octanol–water partition coefficient (Wildman–Crippen LogP) is 1.01. The van der Waals surface area contributed by atoms with E-state index in [4.69, 9.17) is 4.74 Å². The molecule has 0 amide bonds. The molecule has 0 aliphatic carbocycles. The number of carbonyl (C=O) groups is 1. The summed E-state index contributed by atoms with van der Waals surface area (Å²) < 4.78 is 4.99. The van der Waals surface area contributed by atoms with Gasteiger partial charge in [-0.2, -0.15) is 0 Å². The van der Waals surface area contributed by atoms with Gasteiger partial charge in [0.25, 0.3) is 0 Å². The number of ether oxygens (including phenoxy) is 1. The lowest BCUT2D eigenvalue weighted by atomic mass is 10.1. The van der Waals surface area contributed by atoms with Gasteiger partial charge in [0.1, 0.15) is 6.04 Å². The summed E-state index contributed by atoms with van der Waals surface area (Å²) in [6, 6.07) is 0.262. The third-order valence-corrected chi connectivity index (χ3v) is 3.08. The molecule has 0 radical (unpaired) electrons. The van der Waals surface area contributed by atoms with Crippen LogP contribution in [0.15, 0.2) is 0 Å². The highest BCUT2D eigenvalue weighted by Crippen LogP contribution is 2.10. The molecular weight excluding hydrogens is 204 g/mol. The van der Waals surface area contributed by atoms with Crippen LogP contribution in [0.2, 0.25) is 0 Å². The molecule has 1 saturated heterocycles. The highest BCUT2D eigenvalue weighted by atomic mass is 16.5. The van der Waals surface area contributed by atoms with Gasteiger partial charge in [-0.25, -0.2) is 0 Å². The minimum Gasteiger partial charge on any atom is -0.465 e. The Labute approximate surface area is 98.3 Å². The second kappa shape index (κ2) is 6.86. The van der Waals surface area contributed by atoms with Crippen LogP contribution in [0, 0.1) is 0 Å². The van der Waals surface area contributed by atoms with Crippen LogP contribution in [-0.2, 0) is 9.53 Å². The van der Waals surface area contributed by atoms with Gasteiger partial charge in [-0.05, 0) is 53.2 Å². The van der Waals surface area contributed by atoms with E-state index in [1.165, 1.54) is 6.42 Å². The van der Waals surface area contributed by atoms with Crippen molar-refractivity contribution in [1.82, 2.24) is 10.2 Å². The number of likely N-dealkylation sites (tertiary alicyclic amines) is 1. The van der Waals surface area contributed by atoms with E-state index in [9.17, 15) is 4.79 Å². The molecule has 0 aromatic heterocycles. The summed E-state index contributed by atoms with van der Waals surface area (Å²) in [4.78, 5) is 13.8. The maximum absolute atomic E-state index is 11.5. The van der Waals surface area contributed by atoms with Crippen molar-refractivity contribution in [3.8, 4) is 0 Å². The summed E-state index contributed by atoms with van der Waals surface area (Å²) in [5.41, 5.74) is 0. The van der Waals surface area contributed by atoms with E-state index in [2.05, 4.69) is 17.3 Å². The maximum Gasteiger partial charge on any atom is 0.322 e. The summed E-state index contributed by atoms with van der Waals surface area (Å²) in [6.07, 6.45) is 3.46. The van der Waals surface area contributed by atoms with Crippen molar-refractivity contribution in [2.45, 2.75) is 45.2 Å². The second-order valence-electron chi connectivity index (χ2n) is 4.57. The number of nitrogens with zero attached hydrogens (tertiary/aromatic N) is 1. The van der Waals surface area contributed by atoms with E-state index in [-0.39, 0.29) is 12.0 Å². The lowest BCUT2D eigenvalue weighted by Crippen LogP contribution is -2.42. The van der Waals surface area contributed by atoms with Crippen LogP contribution in [0.5, 0.6) is 0 Å². The van der Waals surface area contributed by atoms with Gasteiger partial charge < -0.3 is 15.0 Å². The molecular formula is C12H24N2O2. The van der Waals surface area contributed by atoms with Crippen molar-refractivity contribution in [3.05, 3.63) is 0 Å². The topological polar surface area (TPSA) is 41.6 Å². The Morgan fingerprint density at radius 2 is 2.25 bits per heavy atom. The smallest absolute Gasteiger partial charge is 0.322 e. The third-order valence-electron chi connectivity index (χ3n) is 3.08. The lowest BCUT2D eigenvalue weighted by Gasteiger charge is -2.20. The van der Waals surface area contributed by atoms with Crippen molar-refractivity contribution >= 4 is 5.97 Å². The van der Waals surface area contributed by atoms with E-state index in [1.54, 1.807) is 0 Å². The summed E-state index contributed by atoms with van der Waals surface area (Å²) in [6.45, 7) is 6.44. The number of hydrogen-bond donors (Lipinski definition) is 1. The Balaban J connectivity index is 2.32. The molecule has 0 bridgehead atoms. The molecule has 1 N–H and O–H groups in total. The largest absolute Gasteiger partial charge is 0.465 e. The fraction of sp³-hybridized carbons (Fsp3) is 0.917.